The van der Waals surface area contributed by atoms with E-state index in [1.165, 1.54) is 42.7 Å². The molecule has 1 rings (SSSR count). The minimum absolute atomic E-state index is 1.28. The first-order valence-corrected chi connectivity index (χ1v) is 9.95. The van der Waals surface area contributed by atoms with Crippen molar-refractivity contribution in [3.63, 3.8) is 0 Å². The molecule has 0 aliphatic rings. The Balaban J connectivity index is 2.70. The van der Waals surface area contributed by atoms with Crippen LogP contribution in [0.15, 0.2) is 9.59 Å². The van der Waals surface area contributed by atoms with E-state index in [0.717, 1.165) is 0 Å². The number of hydrogen-bond donors (Lipinski definition) is 0. The highest BCUT2D eigenvalue weighted by Crippen LogP contribution is 2.37. The van der Waals surface area contributed by atoms with E-state index in [9.17, 15) is 0 Å². The van der Waals surface area contributed by atoms with Crippen LogP contribution < -0.4 is 0 Å². The van der Waals surface area contributed by atoms with Crippen molar-refractivity contribution in [3.8, 4) is 0 Å². The lowest BCUT2D eigenvalue weighted by Crippen LogP contribution is -1.91. The molecule has 0 aliphatic carbocycles. The SMILES string of the molecule is CCCCc1csc(SI)c1CCCC. The van der Waals surface area contributed by atoms with Gasteiger partial charge in [-0.05, 0) is 51.1 Å². The predicted molar refractivity (Wildman–Crippen MR) is 81.4 cm³/mol. The molecule has 0 aromatic carbocycles. The van der Waals surface area contributed by atoms with E-state index < -0.39 is 0 Å². The van der Waals surface area contributed by atoms with Gasteiger partial charge in [-0.15, -0.1) is 11.3 Å². The van der Waals surface area contributed by atoms with Gasteiger partial charge in [-0.3, -0.25) is 0 Å². The highest BCUT2D eigenvalue weighted by atomic mass is 127. The van der Waals surface area contributed by atoms with Crippen LogP contribution >= 0.6 is 41.5 Å². The Morgan fingerprint density at radius 1 is 1.20 bits per heavy atom. The zero-order valence-corrected chi connectivity index (χ0v) is 13.3. The molecule has 0 saturated heterocycles. The zero-order valence-electron chi connectivity index (χ0n) is 9.51. The number of rotatable bonds is 7. The van der Waals surface area contributed by atoms with Crippen LogP contribution in [0.3, 0.4) is 0 Å². The highest BCUT2D eigenvalue weighted by Gasteiger charge is 2.10. The zero-order chi connectivity index (χ0) is 11.1. The maximum Gasteiger partial charge on any atom is 0.0736 e. The monoisotopic (exact) mass is 354 g/mol. The molecule has 0 radical (unpaired) electrons. The van der Waals surface area contributed by atoms with Crippen LogP contribution in [0.2, 0.25) is 0 Å². The lowest BCUT2D eigenvalue weighted by molar-refractivity contribution is 0.756. The third-order valence-corrected chi connectivity index (χ3v) is 6.60. The summed E-state index contributed by atoms with van der Waals surface area (Å²) in [6.07, 6.45) is 7.83. The van der Waals surface area contributed by atoms with Crippen LogP contribution in [0, 0.1) is 0 Å². The van der Waals surface area contributed by atoms with Crippen molar-refractivity contribution in [2.75, 3.05) is 0 Å². The fraction of sp³-hybridized carbons (Fsp3) is 0.667. The van der Waals surface area contributed by atoms with E-state index >= 15 is 0 Å². The average molecular weight is 354 g/mol. The van der Waals surface area contributed by atoms with Gasteiger partial charge in [-0.2, -0.15) is 0 Å². The van der Waals surface area contributed by atoms with E-state index in [2.05, 4.69) is 40.4 Å². The summed E-state index contributed by atoms with van der Waals surface area (Å²) >= 11 is 4.34. The molecule has 3 heteroatoms. The molecule has 0 amide bonds. The molecule has 0 bridgehead atoms. The van der Waals surface area contributed by atoms with Gasteiger partial charge in [0.15, 0.2) is 0 Å². The summed E-state index contributed by atoms with van der Waals surface area (Å²) in [5, 5.41) is 2.38. The Morgan fingerprint density at radius 3 is 2.47 bits per heavy atom. The molecule has 0 N–H and O–H groups in total. The first-order valence-electron chi connectivity index (χ1n) is 5.71. The van der Waals surface area contributed by atoms with E-state index in [1.54, 1.807) is 11.1 Å². The Morgan fingerprint density at radius 2 is 1.87 bits per heavy atom. The van der Waals surface area contributed by atoms with Crippen LogP contribution in [0.1, 0.15) is 50.7 Å². The summed E-state index contributed by atoms with van der Waals surface area (Å²) in [5.74, 6) is 0. The Kier molecular flexibility index (Phi) is 7.34. The summed E-state index contributed by atoms with van der Waals surface area (Å²) in [6.45, 7) is 4.54. The van der Waals surface area contributed by atoms with Gasteiger partial charge in [-0.25, -0.2) is 0 Å². The van der Waals surface area contributed by atoms with Gasteiger partial charge in [-0.1, -0.05) is 26.7 Å². The minimum Gasteiger partial charge on any atom is -0.136 e. The topological polar surface area (TPSA) is 0 Å². The summed E-state index contributed by atoms with van der Waals surface area (Å²) in [5.41, 5.74) is 3.27. The average Bonchev–Trinajstić information content (AvgIpc) is 2.65. The van der Waals surface area contributed by atoms with Crippen LogP contribution in [0.5, 0.6) is 0 Å². The summed E-state index contributed by atoms with van der Waals surface area (Å²) in [7, 11) is 1.89. The molecular formula is C12H19IS2. The summed E-state index contributed by atoms with van der Waals surface area (Å²) < 4.78 is 1.54. The lowest BCUT2D eigenvalue weighted by Gasteiger charge is -2.04. The molecule has 1 heterocycles. The van der Waals surface area contributed by atoms with Gasteiger partial charge in [0.05, 0.1) is 4.21 Å². The van der Waals surface area contributed by atoms with Crippen molar-refractivity contribution in [2.45, 2.75) is 56.6 Å². The van der Waals surface area contributed by atoms with Gasteiger partial charge in [0, 0.05) is 21.2 Å². The van der Waals surface area contributed by atoms with Gasteiger partial charge < -0.3 is 0 Å². The normalized spacial score (nSPS) is 10.9. The second kappa shape index (κ2) is 7.96. The fourth-order valence-corrected chi connectivity index (χ4v) is 4.89. The molecule has 0 unspecified atom stereocenters. The molecule has 0 spiro atoms. The largest absolute Gasteiger partial charge is 0.136 e. The smallest absolute Gasteiger partial charge is 0.0736 e. The molecule has 0 saturated carbocycles. The van der Waals surface area contributed by atoms with Crippen molar-refractivity contribution in [3.05, 3.63) is 16.5 Å². The van der Waals surface area contributed by atoms with Crippen LogP contribution in [0.4, 0.5) is 0 Å². The Hall–Kier alpha value is 0.780. The number of hydrogen-bond acceptors (Lipinski definition) is 2. The quantitative estimate of drug-likeness (QED) is 0.552. The fourth-order valence-electron chi connectivity index (χ4n) is 1.66. The van der Waals surface area contributed by atoms with E-state index in [-0.39, 0.29) is 0 Å². The Labute approximate surface area is 114 Å². The van der Waals surface area contributed by atoms with Gasteiger partial charge in [0.1, 0.15) is 0 Å². The third kappa shape index (κ3) is 4.27. The molecular weight excluding hydrogens is 335 g/mol. The molecule has 0 fully saturated rings. The maximum atomic E-state index is 2.41. The van der Waals surface area contributed by atoms with Crippen molar-refractivity contribution in [1.29, 1.82) is 0 Å². The summed E-state index contributed by atoms with van der Waals surface area (Å²) in [4.78, 5) is 0. The van der Waals surface area contributed by atoms with Crippen molar-refractivity contribution >= 4 is 41.5 Å². The second-order valence-electron chi connectivity index (χ2n) is 3.81. The van der Waals surface area contributed by atoms with E-state index in [4.69, 9.17) is 0 Å². The van der Waals surface area contributed by atoms with Crippen molar-refractivity contribution < 1.29 is 0 Å². The van der Waals surface area contributed by atoms with Gasteiger partial charge in [0.2, 0.25) is 0 Å². The van der Waals surface area contributed by atoms with Gasteiger partial charge in [0.25, 0.3) is 0 Å². The molecule has 0 nitrogen and oxygen atoms in total. The number of halogens is 1. The van der Waals surface area contributed by atoms with Crippen LogP contribution in [0.25, 0.3) is 0 Å². The molecule has 1 aromatic rings. The Bertz CT molecular complexity index is 281. The maximum absolute atomic E-state index is 2.41. The number of aryl methyl sites for hydroxylation is 1. The predicted octanol–water partition coefficient (Wildman–Crippen LogP) is 5.88. The van der Waals surface area contributed by atoms with Crippen molar-refractivity contribution in [1.82, 2.24) is 0 Å². The lowest BCUT2D eigenvalue weighted by atomic mass is 10.0. The number of unbranched alkanes of at least 4 members (excludes halogenated alkanes) is 2. The van der Waals surface area contributed by atoms with E-state index in [0.29, 0.717) is 0 Å². The molecule has 1 aromatic heterocycles. The molecule has 86 valence electrons. The molecule has 0 atom stereocenters. The van der Waals surface area contributed by atoms with Gasteiger partial charge >= 0.3 is 0 Å². The number of thiophene rings is 1. The van der Waals surface area contributed by atoms with Crippen LogP contribution in [-0.2, 0) is 12.8 Å². The minimum atomic E-state index is 1.28. The molecule has 15 heavy (non-hydrogen) atoms. The highest BCUT2D eigenvalue weighted by molar-refractivity contribution is 14.2. The first-order chi connectivity index (χ1) is 7.33. The third-order valence-electron chi connectivity index (χ3n) is 2.59. The van der Waals surface area contributed by atoms with Crippen molar-refractivity contribution in [2.24, 2.45) is 0 Å². The van der Waals surface area contributed by atoms with E-state index in [1.807, 2.05) is 20.3 Å². The molecule has 0 aliphatic heterocycles. The summed E-state index contributed by atoms with van der Waals surface area (Å²) in [6, 6.07) is 0. The first kappa shape index (κ1) is 13.8. The standard InChI is InChI=1S/C12H19IS2/c1-3-5-7-10-9-14-12(15-13)11(10)8-6-4-2/h9H,3-8H2,1-2H3. The second-order valence-corrected chi connectivity index (χ2v) is 6.83. The van der Waals surface area contributed by atoms with Crippen LogP contribution in [-0.4, -0.2) is 0 Å².